The van der Waals surface area contributed by atoms with Crippen molar-refractivity contribution in [1.82, 2.24) is 10.3 Å². The highest BCUT2D eigenvalue weighted by molar-refractivity contribution is 5.80. The summed E-state index contributed by atoms with van der Waals surface area (Å²) >= 11 is 0. The SMILES string of the molecule is O=C(COC(=O)CCc1ncc(-c2ccc(F)cc2)o1)NCc1ccc(F)cc1. The van der Waals surface area contributed by atoms with Crippen LogP contribution < -0.4 is 5.32 Å². The summed E-state index contributed by atoms with van der Waals surface area (Å²) in [6, 6.07) is 11.5. The summed E-state index contributed by atoms with van der Waals surface area (Å²) < 4.78 is 36.2. The van der Waals surface area contributed by atoms with Gasteiger partial charge in [-0.1, -0.05) is 12.1 Å². The van der Waals surface area contributed by atoms with Crippen molar-refractivity contribution in [3.63, 3.8) is 0 Å². The van der Waals surface area contributed by atoms with Crippen LogP contribution in [-0.4, -0.2) is 23.5 Å². The lowest BCUT2D eigenvalue weighted by molar-refractivity contribution is -0.148. The van der Waals surface area contributed by atoms with Gasteiger partial charge in [0.2, 0.25) is 0 Å². The van der Waals surface area contributed by atoms with Crippen LogP contribution in [0.2, 0.25) is 0 Å². The molecule has 1 amide bonds. The second-order valence-corrected chi connectivity index (χ2v) is 6.19. The number of benzene rings is 2. The molecule has 150 valence electrons. The third-order valence-corrected chi connectivity index (χ3v) is 3.99. The maximum Gasteiger partial charge on any atom is 0.306 e. The first-order valence-electron chi connectivity index (χ1n) is 8.87. The number of nitrogens with one attached hydrogen (secondary N) is 1. The van der Waals surface area contributed by atoms with E-state index in [-0.39, 0.29) is 31.0 Å². The van der Waals surface area contributed by atoms with Gasteiger partial charge in [0.1, 0.15) is 11.6 Å². The topological polar surface area (TPSA) is 81.4 Å². The molecule has 0 atom stereocenters. The molecule has 0 saturated carbocycles. The van der Waals surface area contributed by atoms with Crippen molar-refractivity contribution in [2.75, 3.05) is 6.61 Å². The number of aryl methyl sites for hydroxylation is 1. The van der Waals surface area contributed by atoms with Crippen LogP contribution in [0.25, 0.3) is 11.3 Å². The van der Waals surface area contributed by atoms with Gasteiger partial charge >= 0.3 is 5.97 Å². The standard InChI is InChI=1S/C21H18F2N2O4/c22-16-5-1-14(2-6-16)11-24-19(26)13-28-21(27)10-9-20-25-12-18(29-20)15-3-7-17(23)8-4-15/h1-8,12H,9-11,13H2,(H,24,26). The minimum atomic E-state index is -0.566. The quantitative estimate of drug-likeness (QED) is 0.586. The fraction of sp³-hybridized carbons (Fsp3) is 0.190. The molecule has 0 bridgehead atoms. The van der Waals surface area contributed by atoms with Gasteiger partial charge < -0.3 is 14.5 Å². The largest absolute Gasteiger partial charge is 0.456 e. The molecule has 29 heavy (non-hydrogen) atoms. The normalized spacial score (nSPS) is 10.6. The molecule has 1 heterocycles. The Kier molecular flexibility index (Phi) is 6.67. The summed E-state index contributed by atoms with van der Waals surface area (Å²) in [6.45, 7) is -0.203. The molecule has 1 aromatic heterocycles. The minimum absolute atomic E-state index is 0.00534. The van der Waals surface area contributed by atoms with E-state index in [9.17, 15) is 18.4 Å². The van der Waals surface area contributed by atoms with Gasteiger partial charge in [0.25, 0.3) is 5.91 Å². The lowest BCUT2D eigenvalue weighted by Crippen LogP contribution is -2.28. The van der Waals surface area contributed by atoms with Crippen LogP contribution in [0.5, 0.6) is 0 Å². The highest BCUT2D eigenvalue weighted by atomic mass is 19.1. The number of ether oxygens (including phenoxy) is 1. The van der Waals surface area contributed by atoms with Gasteiger partial charge in [-0.3, -0.25) is 9.59 Å². The molecular weight excluding hydrogens is 382 g/mol. The average Bonchev–Trinajstić information content (AvgIpc) is 3.20. The van der Waals surface area contributed by atoms with Crippen molar-refractivity contribution in [3.05, 3.63) is 77.8 Å². The molecule has 3 rings (SSSR count). The monoisotopic (exact) mass is 400 g/mol. The number of aromatic nitrogens is 1. The third kappa shape index (κ3) is 6.24. The fourth-order valence-corrected chi connectivity index (χ4v) is 2.45. The number of carbonyl (C=O) groups excluding carboxylic acids is 2. The molecule has 6 nitrogen and oxygen atoms in total. The Bertz CT molecular complexity index is 969. The molecule has 0 unspecified atom stereocenters. The Hall–Kier alpha value is -3.55. The molecule has 0 radical (unpaired) electrons. The molecule has 1 N–H and O–H groups in total. The summed E-state index contributed by atoms with van der Waals surface area (Å²) in [5, 5.41) is 2.58. The Morgan fingerprint density at radius 3 is 2.34 bits per heavy atom. The van der Waals surface area contributed by atoms with Crippen LogP contribution in [0, 0.1) is 11.6 Å². The predicted molar refractivity (Wildman–Crippen MR) is 99.4 cm³/mol. The molecular formula is C21H18F2N2O4. The van der Waals surface area contributed by atoms with Crippen molar-refractivity contribution in [2.24, 2.45) is 0 Å². The second kappa shape index (κ2) is 9.59. The van der Waals surface area contributed by atoms with Crippen LogP contribution in [0.1, 0.15) is 17.9 Å². The van der Waals surface area contributed by atoms with E-state index >= 15 is 0 Å². The minimum Gasteiger partial charge on any atom is -0.456 e. The predicted octanol–water partition coefficient (Wildman–Crippen LogP) is 3.41. The molecule has 0 aliphatic heterocycles. The molecule has 0 aliphatic carbocycles. The Morgan fingerprint density at radius 2 is 1.66 bits per heavy atom. The number of hydrogen-bond acceptors (Lipinski definition) is 5. The number of carbonyl (C=O) groups is 2. The second-order valence-electron chi connectivity index (χ2n) is 6.19. The van der Waals surface area contributed by atoms with Gasteiger partial charge in [0.05, 0.1) is 12.6 Å². The zero-order valence-corrected chi connectivity index (χ0v) is 15.4. The summed E-state index contributed by atoms with van der Waals surface area (Å²) in [5.74, 6) is -0.931. The molecule has 0 fully saturated rings. The summed E-state index contributed by atoms with van der Waals surface area (Å²) in [6.07, 6.45) is 1.70. The van der Waals surface area contributed by atoms with E-state index in [2.05, 4.69) is 10.3 Å². The number of halogens is 2. The molecule has 2 aromatic carbocycles. The molecule has 3 aromatic rings. The van der Waals surface area contributed by atoms with Crippen molar-refractivity contribution < 1.29 is 27.5 Å². The van der Waals surface area contributed by atoms with Crippen molar-refractivity contribution in [3.8, 4) is 11.3 Å². The Labute approximate surface area is 165 Å². The first-order chi connectivity index (χ1) is 14.0. The smallest absolute Gasteiger partial charge is 0.306 e. The fourth-order valence-electron chi connectivity index (χ4n) is 2.45. The molecule has 0 spiro atoms. The molecule has 0 aliphatic rings. The lowest BCUT2D eigenvalue weighted by Gasteiger charge is -2.06. The van der Waals surface area contributed by atoms with Gasteiger partial charge in [-0.05, 0) is 42.0 Å². The van der Waals surface area contributed by atoms with Crippen LogP contribution in [0.3, 0.4) is 0 Å². The van der Waals surface area contributed by atoms with E-state index in [0.29, 0.717) is 17.2 Å². The highest BCUT2D eigenvalue weighted by Gasteiger charge is 2.11. The van der Waals surface area contributed by atoms with E-state index in [1.807, 2.05) is 0 Å². The van der Waals surface area contributed by atoms with Crippen LogP contribution in [-0.2, 0) is 27.3 Å². The van der Waals surface area contributed by atoms with Gasteiger partial charge in [-0.25, -0.2) is 13.8 Å². The summed E-state index contributed by atoms with van der Waals surface area (Å²) in [5.41, 5.74) is 1.40. The Balaban J connectivity index is 1.38. The number of nitrogens with zero attached hydrogens (tertiary/aromatic N) is 1. The van der Waals surface area contributed by atoms with Gasteiger partial charge in [-0.2, -0.15) is 0 Å². The first kappa shape index (κ1) is 20.2. The summed E-state index contributed by atoms with van der Waals surface area (Å²) in [4.78, 5) is 27.6. The maximum absolute atomic E-state index is 13.0. The zero-order valence-electron chi connectivity index (χ0n) is 15.4. The van der Waals surface area contributed by atoms with Crippen molar-refractivity contribution in [1.29, 1.82) is 0 Å². The zero-order chi connectivity index (χ0) is 20.6. The number of esters is 1. The van der Waals surface area contributed by atoms with Gasteiger partial charge in [0.15, 0.2) is 18.3 Å². The van der Waals surface area contributed by atoms with Gasteiger partial charge in [0, 0.05) is 18.5 Å². The van der Waals surface area contributed by atoms with Crippen LogP contribution >= 0.6 is 0 Å². The third-order valence-electron chi connectivity index (χ3n) is 3.99. The van der Waals surface area contributed by atoms with E-state index in [0.717, 1.165) is 5.56 Å². The van der Waals surface area contributed by atoms with Crippen molar-refractivity contribution in [2.45, 2.75) is 19.4 Å². The van der Waals surface area contributed by atoms with Crippen molar-refractivity contribution >= 4 is 11.9 Å². The number of amides is 1. The van der Waals surface area contributed by atoms with Crippen LogP contribution in [0.4, 0.5) is 8.78 Å². The van der Waals surface area contributed by atoms with E-state index in [1.54, 1.807) is 24.3 Å². The molecule has 8 heteroatoms. The van der Waals surface area contributed by atoms with Gasteiger partial charge in [-0.15, -0.1) is 0 Å². The van der Waals surface area contributed by atoms with E-state index in [1.165, 1.54) is 30.5 Å². The number of hydrogen-bond donors (Lipinski definition) is 1. The molecule has 0 saturated heterocycles. The highest BCUT2D eigenvalue weighted by Crippen LogP contribution is 2.21. The number of rotatable bonds is 8. The Morgan fingerprint density at radius 1 is 1.00 bits per heavy atom. The average molecular weight is 400 g/mol. The van der Waals surface area contributed by atoms with E-state index in [4.69, 9.17) is 9.15 Å². The van der Waals surface area contributed by atoms with Crippen LogP contribution in [0.15, 0.2) is 59.1 Å². The maximum atomic E-state index is 13.0. The van der Waals surface area contributed by atoms with E-state index < -0.39 is 18.5 Å². The first-order valence-corrected chi connectivity index (χ1v) is 8.87. The summed E-state index contributed by atoms with van der Waals surface area (Å²) in [7, 11) is 0. The lowest BCUT2D eigenvalue weighted by atomic mass is 10.2. The number of oxazole rings is 1.